The summed E-state index contributed by atoms with van der Waals surface area (Å²) < 4.78 is 5.46. The second-order valence-corrected chi connectivity index (χ2v) is 6.22. The van der Waals surface area contributed by atoms with Crippen LogP contribution in [0.1, 0.15) is 48.2 Å². The average Bonchev–Trinajstić information content (AvgIpc) is 2.64. The molecule has 0 aromatic heterocycles. The fourth-order valence-electron chi connectivity index (χ4n) is 2.23. The minimum absolute atomic E-state index is 0.0237. The molecule has 0 unspecified atom stereocenters. The first-order chi connectivity index (χ1) is 12.5. The second-order valence-electron chi connectivity index (χ2n) is 6.22. The van der Waals surface area contributed by atoms with Gasteiger partial charge in [-0.1, -0.05) is 50.0 Å². The molecule has 2 aromatic rings. The van der Waals surface area contributed by atoms with Gasteiger partial charge in [-0.25, -0.2) is 0 Å². The van der Waals surface area contributed by atoms with Gasteiger partial charge in [0.1, 0.15) is 5.75 Å². The third-order valence-corrected chi connectivity index (χ3v) is 3.81. The monoisotopic (exact) mass is 349 g/mol. The zero-order valence-corrected chi connectivity index (χ0v) is 15.3. The van der Waals surface area contributed by atoms with Crippen LogP contribution in [0.5, 0.6) is 5.75 Å². The quantitative estimate of drug-likeness (QED) is 0.641. The van der Waals surface area contributed by atoms with Crippen molar-refractivity contribution >= 4 is 11.7 Å². The standard InChI is InChI=1S/C22H23NO3/c1-16(2)19-10-12-21(13-11-19)26-15-22(25)23-14-4-5-18-6-8-20(9-7-18)17(3)24/h6-13,16H,14-15H2,1-3H3,(H,23,25). The van der Waals surface area contributed by atoms with Crippen LogP contribution in [0.3, 0.4) is 0 Å². The number of Topliss-reactive ketones (excluding diaryl/α,β-unsaturated/α-hetero) is 1. The topological polar surface area (TPSA) is 55.4 Å². The number of benzene rings is 2. The van der Waals surface area contributed by atoms with Crippen molar-refractivity contribution < 1.29 is 14.3 Å². The van der Waals surface area contributed by atoms with Crippen LogP contribution in [0.2, 0.25) is 0 Å². The van der Waals surface area contributed by atoms with Gasteiger partial charge >= 0.3 is 0 Å². The van der Waals surface area contributed by atoms with Gasteiger partial charge in [0.05, 0.1) is 6.54 Å². The van der Waals surface area contributed by atoms with E-state index in [4.69, 9.17) is 4.74 Å². The Hall–Kier alpha value is -3.06. The SMILES string of the molecule is CC(=O)c1ccc(C#CCNC(=O)COc2ccc(C(C)C)cc2)cc1. The summed E-state index contributed by atoms with van der Waals surface area (Å²) in [5.74, 6) is 6.75. The van der Waals surface area contributed by atoms with Gasteiger partial charge in [-0.05, 0) is 42.7 Å². The highest BCUT2D eigenvalue weighted by atomic mass is 16.5. The van der Waals surface area contributed by atoms with Crippen molar-refractivity contribution in [3.63, 3.8) is 0 Å². The fourth-order valence-corrected chi connectivity index (χ4v) is 2.23. The Kier molecular flexibility index (Phi) is 6.99. The minimum atomic E-state index is -0.223. The van der Waals surface area contributed by atoms with Crippen molar-refractivity contribution in [1.82, 2.24) is 5.32 Å². The summed E-state index contributed by atoms with van der Waals surface area (Å²) in [6, 6.07) is 14.8. The number of rotatable bonds is 6. The number of hydrogen-bond donors (Lipinski definition) is 1. The number of hydrogen-bond acceptors (Lipinski definition) is 3. The van der Waals surface area contributed by atoms with Gasteiger partial charge in [0.15, 0.2) is 12.4 Å². The lowest BCUT2D eigenvalue weighted by atomic mass is 10.0. The second kappa shape index (κ2) is 9.43. The maximum Gasteiger partial charge on any atom is 0.258 e. The lowest BCUT2D eigenvalue weighted by molar-refractivity contribution is -0.122. The summed E-state index contributed by atoms with van der Waals surface area (Å²) >= 11 is 0. The molecule has 4 heteroatoms. The molecule has 2 rings (SSSR count). The van der Waals surface area contributed by atoms with Crippen LogP contribution in [-0.2, 0) is 4.79 Å². The Balaban J connectivity index is 1.74. The van der Waals surface area contributed by atoms with Crippen LogP contribution in [0.25, 0.3) is 0 Å². The Morgan fingerprint density at radius 1 is 1.04 bits per heavy atom. The molecule has 0 atom stereocenters. The van der Waals surface area contributed by atoms with Crippen molar-refractivity contribution in [2.75, 3.05) is 13.2 Å². The fraction of sp³-hybridized carbons (Fsp3) is 0.273. The highest BCUT2D eigenvalue weighted by Crippen LogP contribution is 2.18. The molecule has 0 heterocycles. The molecule has 1 N–H and O–H groups in total. The molecule has 0 radical (unpaired) electrons. The zero-order chi connectivity index (χ0) is 18.9. The lowest BCUT2D eigenvalue weighted by Crippen LogP contribution is -2.29. The van der Waals surface area contributed by atoms with Crippen LogP contribution in [-0.4, -0.2) is 24.8 Å². The van der Waals surface area contributed by atoms with Crippen molar-refractivity contribution in [1.29, 1.82) is 0 Å². The number of nitrogens with one attached hydrogen (secondary N) is 1. The highest BCUT2D eigenvalue weighted by molar-refractivity contribution is 5.94. The molecule has 0 saturated heterocycles. The molecule has 0 saturated carbocycles. The van der Waals surface area contributed by atoms with Crippen molar-refractivity contribution in [2.45, 2.75) is 26.7 Å². The molecule has 0 bridgehead atoms. The van der Waals surface area contributed by atoms with E-state index in [9.17, 15) is 9.59 Å². The number of amides is 1. The summed E-state index contributed by atoms with van der Waals surface area (Å²) in [7, 11) is 0. The molecule has 26 heavy (non-hydrogen) atoms. The highest BCUT2D eigenvalue weighted by Gasteiger charge is 2.03. The van der Waals surface area contributed by atoms with E-state index in [0.717, 1.165) is 5.56 Å². The molecule has 4 nitrogen and oxygen atoms in total. The van der Waals surface area contributed by atoms with Crippen LogP contribution in [0, 0.1) is 11.8 Å². The van der Waals surface area contributed by atoms with Gasteiger partial charge in [0.2, 0.25) is 0 Å². The summed E-state index contributed by atoms with van der Waals surface area (Å²) in [6.45, 7) is 5.97. The normalized spacial score (nSPS) is 10.0. The lowest BCUT2D eigenvalue weighted by Gasteiger charge is -2.08. The molecular formula is C22H23NO3. The van der Waals surface area contributed by atoms with Gasteiger partial charge < -0.3 is 10.1 Å². The molecule has 0 aliphatic carbocycles. The van der Waals surface area contributed by atoms with E-state index >= 15 is 0 Å². The molecule has 1 amide bonds. The van der Waals surface area contributed by atoms with Gasteiger partial charge in [0.25, 0.3) is 5.91 Å². The number of carbonyl (C=O) groups is 2. The molecule has 2 aromatic carbocycles. The first-order valence-electron chi connectivity index (χ1n) is 8.55. The van der Waals surface area contributed by atoms with Gasteiger partial charge in [-0.15, -0.1) is 0 Å². The maximum absolute atomic E-state index is 11.8. The maximum atomic E-state index is 11.8. The van der Waals surface area contributed by atoms with Crippen molar-refractivity contribution in [2.24, 2.45) is 0 Å². The zero-order valence-electron chi connectivity index (χ0n) is 15.3. The first-order valence-corrected chi connectivity index (χ1v) is 8.55. The van der Waals surface area contributed by atoms with E-state index in [1.807, 2.05) is 24.3 Å². The predicted molar refractivity (Wildman–Crippen MR) is 102 cm³/mol. The average molecular weight is 349 g/mol. The van der Waals surface area contributed by atoms with Crippen LogP contribution in [0.15, 0.2) is 48.5 Å². The summed E-state index contributed by atoms with van der Waals surface area (Å²) in [5.41, 5.74) is 2.68. The van der Waals surface area contributed by atoms with Crippen molar-refractivity contribution in [3.05, 3.63) is 65.2 Å². The largest absolute Gasteiger partial charge is 0.484 e. The summed E-state index contributed by atoms with van der Waals surface area (Å²) in [6.07, 6.45) is 0. The number of ether oxygens (including phenoxy) is 1. The summed E-state index contributed by atoms with van der Waals surface area (Å²) in [5, 5.41) is 2.69. The first kappa shape index (κ1) is 19.3. The minimum Gasteiger partial charge on any atom is -0.484 e. The van der Waals surface area contributed by atoms with Gasteiger partial charge in [0, 0.05) is 11.1 Å². The van der Waals surface area contributed by atoms with Crippen LogP contribution >= 0.6 is 0 Å². The van der Waals surface area contributed by atoms with Crippen LogP contribution < -0.4 is 10.1 Å². The third kappa shape index (κ3) is 6.10. The smallest absolute Gasteiger partial charge is 0.258 e. The third-order valence-electron chi connectivity index (χ3n) is 3.81. The predicted octanol–water partition coefficient (Wildman–Crippen LogP) is 3.56. The van der Waals surface area contributed by atoms with E-state index in [1.165, 1.54) is 12.5 Å². The van der Waals surface area contributed by atoms with Gasteiger partial charge in [-0.3, -0.25) is 9.59 Å². The Labute approximate surface area is 154 Å². The van der Waals surface area contributed by atoms with E-state index in [2.05, 4.69) is 31.0 Å². The molecule has 134 valence electrons. The van der Waals surface area contributed by atoms with Gasteiger partial charge in [-0.2, -0.15) is 0 Å². The number of carbonyl (C=O) groups excluding carboxylic acids is 2. The van der Waals surface area contributed by atoms with E-state index in [0.29, 0.717) is 17.2 Å². The van der Waals surface area contributed by atoms with E-state index in [-0.39, 0.29) is 24.8 Å². The van der Waals surface area contributed by atoms with Crippen molar-refractivity contribution in [3.8, 4) is 17.6 Å². The number of ketones is 1. The van der Waals surface area contributed by atoms with E-state index < -0.39 is 0 Å². The summed E-state index contributed by atoms with van der Waals surface area (Å²) in [4.78, 5) is 23.0. The molecule has 0 aliphatic rings. The Morgan fingerprint density at radius 2 is 1.69 bits per heavy atom. The Morgan fingerprint density at radius 3 is 2.27 bits per heavy atom. The van der Waals surface area contributed by atoms with Crippen LogP contribution in [0.4, 0.5) is 0 Å². The Bertz CT molecular complexity index is 809. The molecule has 0 fully saturated rings. The molecule has 0 aliphatic heterocycles. The molecular weight excluding hydrogens is 326 g/mol. The molecule has 0 spiro atoms. The van der Waals surface area contributed by atoms with E-state index in [1.54, 1.807) is 24.3 Å².